The number of nitrogens with zero attached hydrogens (tertiary/aromatic N) is 1. The zero-order valence-corrected chi connectivity index (χ0v) is 11.9. The van der Waals surface area contributed by atoms with Crippen LogP contribution in [0.1, 0.15) is 41.0 Å². The van der Waals surface area contributed by atoms with Crippen molar-refractivity contribution in [2.24, 2.45) is 0 Å². The van der Waals surface area contributed by atoms with Gasteiger partial charge in [-0.3, -0.25) is 9.59 Å². The second-order valence-corrected chi connectivity index (χ2v) is 5.46. The fourth-order valence-corrected chi connectivity index (χ4v) is 2.14. The lowest BCUT2D eigenvalue weighted by Crippen LogP contribution is -2.68. The third-order valence-corrected chi connectivity index (χ3v) is 3.08. The van der Waals surface area contributed by atoms with E-state index in [1.54, 1.807) is 18.7 Å². The zero-order chi connectivity index (χ0) is 13.9. The van der Waals surface area contributed by atoms with Crippen LogP contribution in [0.4, 0.5) is 0 Å². The summed E-state index contributed by atoms with van der Waals surface area (Å²) in [7, 11) is 0. The maximum absolute atomic E-state index is 12.3. The SMILES string of the molecule is CCC1C(=O)NC(C)(C)C(=O)N1CCOC(C)C. The molecule has 0 bridgehead atoms. The number of ether oxygens (including phenoxy) is 1. The van der Waals surface area contributed by atoms with Gasteiger partial charge in [-0.1, -0.05) is 6.92 Å². The molecule has 1 atom stereocenters. The molecule has 5 nitrogen and oxygen atoms in total. The Morgan fingerprint density at radius 2 is 2.00 bits per heavy atom. The lowest BCUT2D eigenvalue weighted by atomic mass is 9.96. The molecule has 0 radical (unpaired) electrons. The number of carbonyl (C=O) groups excluding carboxylic acids is 2. The van der Waals surface area contributed by atoms with Crippen LogP contribution in [0.5, 0.6) is 0 Å². The van der Waals surface area contributed by atoms with Crippen LogP contribution in [0.3, 0.4) is 0 Å². The summed E-state index contributed by atoms with van der Waals surface area (Å²) in [6.45, 7) is 10.2. The third-order valence-electron chi connectivity index (χ3n) is 3.08. The van der Waals surface area contributed by atoms with Gasteiger partial charge in [0.2, 0.25) is 11.8 Å². The monoisotopic (exact) mass is 256 g/mol. The highest BCUT2D eigenvalue weighted by Crippen LogP contribution is 2.19. The van der Waals surface area contributed by atoms with Crippen LogP contribution >= 0.6 is 0 Å². The summed E-state index contributed by atoms with van der Waals surface area (Å²) in [6.07, 6.45) is 0.752. The molecule has 0 saturated carbocycles. The highest BCUT2D eigenvalue weighted by molar-refractivity contribution is 5.99. The first-order valence-electron chi connectivity index (χ1n) is 6.54. The van der Waals surface area contributed by atoms with E-state index >= 15 is 0 Å². The van der Waals surface area contributed by atoms with Gasteiger partial charge in [-0.25, -0.2) is 0 Å². The molecule has 0 aromatic carbocycles. The average Bonchev–Trinajstić information content (AvgIpc) is 2.24. The Morgan fingerprint density at radius 3 is 2.50 bits per heavy atom. The Hall–Kier alpha value is -1.10. The predicted molar refractivity (Wildman–Crippen MR) is 69.1 cm³/mol. The molecule has 1 saturated heterocycles. The normalized spacial score (nSPS) is 23.4. The molecule has 1 unspecified atom stereocenters. The van der Waals surface area contributed by atoms with Crippen molar-refractivity contribution in [1.82, 2.24) is 10.2 Å². The molecule has 0 aromatic heterocycles. The highest BCUT2D eigenvalue weighted by atomic mass is 16.5. The van der Waals surface area contributed by atoms with E-state index in [0.717, 1.165) is 0 Å². The number of rotatable bonds is 5. The molecule has 0 spiro atoms. The van der Waals surface area contributed by atoms with Gasteiger partial charge in [-0.15, -0.1) is 0 Å². The molecule has 0 aliphatic carbocycles. The van der Waals surface area contributed by atoms with Crippen molar-refractivity contribution in [3.05, 3.63) is 0 Å². The molecule has 1 fully saturated rings. The predicted octanol–water partition coefficient (Wildman–Crippen LogP) is 0.927. The van der Waals surface area contributed by atoms with Crippen molar-refractivity contribution in [2.75, 3.05) is 13.2 Å². The molecular weight excluding hydrogens is 232 g/mol. The second-order valence-electron chi connectivity index (χ2n) is 5.46. The van der Waals surface area contributed by atoms with Crippen molar-refractivity contribution in [3.63, 3.8) is 0 Å². The van der Waals surface area contributed by atoms with Gasteiger partial charge in [-0.2, -0.15) is 0 Å². The van der Waals surface area contributed by atoms with E-state index in [9.17, 15) is 9.59 Å². The van der Waals surface area contributed by atoms with Crippen LogP contribution in [0.2, 0.25) is 0 Å². The Morgan fingerprint density at radius 1 is 1.39 bits per heavy atom. The van der Waals surface area contributed by atoms with E-state index in [4.69, 9.17) is 4.74 Å². The van der Waals surface area contributed by atoms with Crippen LogP contribution < -0.4 is 5.32 Å². The minimum atomic E-state index is -0.819. The van der Waals surface area contributed by atoms with Gasteiger partial charge in [0.05, 0.1) is 12.7 Å². The number of amides is 2. The van der Waals surface area contributed by atoms with Crippen molar-refractivity contribution < 1.29 is 14.3 Å². The van der Waals surface area contributed by atoms with Crippen molar-refractivity contribution in [2.45, 2.75) is 58.7 Å². The molecule has 1 aliphatic rings. The largest absolute Gasteiger partial charge is 0.377 e. The summed E-state index contributed by atoms with van der Waals surface area (Å²) in [4.78, 5) is 25.9. The van der Waals surface area contributed by atoms with E-state index in [-0.39, 0.29) is 24.0 Å². The number of hydrogen-bond donors (Lipinski definition) is 1. The quantitative estimate of drug-likeness (QED) is 0.796. The number of nitrogens with one attached hydrogen (secondary N) is 1. The van der Waals surface area contributed by atoms with Crippen molar-refractivity contribution >= 4 is 11.8 Å². The lowest BCUT2D eigenvalue weighted by molar-refractivity contribution is -0.154. The van der Waals surface area contributed by atoms with Crippen molar-refractivity contribution in [1.29, 1.82) is 0 Å². The number of piperazine rings is 1. The van der Waals surface area contributed by atoms with Gasteiger partial charge in [0, 0.05) is 6.54 Å². The van der Waals surface area contributed by atoms with Crippen LogP contribution in [-0.4, -0.2) is 47.6 Å². The summed E-state index contributed by atoms with van der Waals surface area (Å²) in [5.41, 5.74) is -0.819. The smallest absolute Gasteiger partial charge is 0.248 e. The van der Waals surface area contributed by atoms with E-state index < -0.39 is 5.54 Å². The minimum absolute atomic E-state index is 0.0405. The van der Waals surface area contributed by atoms with Crippen LogP contribution in [0.25, 0.3) is 0 Å². The summed E-state index contributed by atoms with van der Waals surface area (Å²) < 4.78 is 5.46. The summed E-state index contributed by atoms with van der Waals surface area (Å²) in [6, 6.07) is -0.374. The van der Waals surface area contributed by atoms with Crippen LogP contribution in [0, 0.1) is 0 Å². The summed E-state index contributed by atoms with van der Waals surface area (Å²) >= 11 is 0. The number of hydrogen-bond acceptors (Lipinski definition) is 3. The lowest BCUT2D eigenvalue weighted by Gasteiger charge is -2.42. The maximum atomic E-state index is 12.3. The fourth-order valence-electron chi connectivity index (χ4n) is 2.14. The maximum Gasteiger partial charge on any atom is 0.248 e. The van der Waals surface area contributed by atoms with E-state index in [1.165, 1.54) is 0 Å². The molecule has 5 heteroatoms. The molecule has 1 N–H and O–H groups in total. The molecule has 2 amide bonds. The Bertz CT molecular complexity index is 326. The molecule has 0 aromatic rings. The molecule has 1 aliphatic heterocycles. The standard InChI is InChI=1S/C13H24N2O3/c1-6-10-11(16)14-13(4,5)12(17)15(10)7-8-18-9(2)3/h9-10H,6-8H2,1-5H3,(H,14,16). The molecule has 104 valence electrons. The first kappa shape index (κ1) is 15.0. The van der Waals surface area contributed by atoms with Gasteiger partial charge in [0.15, 0.2) is 0 Å². The average molecular weight is 256 g/mol. The topological polar surface area (TPSA) is 58.6 Å². The fraction of sp³-hybridized carbons (Fsp3) is 0.846. The van der Waals surface area contributed by atoms with Crippen molar-refractivity contribution in [3.8, 4) is 0 Å². The second kappa shape index (κ2) is 5.69. The third kappa shape index (κ3) is 3.22. The first-order valence-corrected chi connectivity index (χ1v) is 6.54. The summed E-state index contributed by atoms with van der Waals surface area (Å²) in [5.74, 6) is -0.118. The Kier molecular flexibility index (Phi) is 4.73. The number of carbonyl (C=O) groups is 2. The molecule has 18 heavy (non-hydrogen) atoms. The van der Waals surface area contributed by atoms with E-state index in [0.29, 0.717) is 19.6 Å². The van der Waals surface area contributed by atoms with Gasteiger partial charge in [0.25, 0.3) is 0 Å². The van der Waals surface area contributed by atoms with E-state index in [2.05, 4.69) is 5.32 Å². The Labute approximate surface area is 109 Å². The van der Waals surface area contributed by atoms with Gasteiger partial charge >= 0.3 is 0 Å². The van der Waals surface area contributed by atoms with Gasteiger partial charge in [-0.05, 0) is 34.1 Å². The molecular formula is C13H24N2O3. The molecule has 1 rings (SSSR count). The highest BCUT2D eigenvalue weighted by Gasteiger charge is 2.44. The minimum Gasteiger partial charge on any atom is -0.377 e. The van der Waals surface area contributed by atoms with Crippen LogP contribution in [0.15, 0.2) is 0 Å². The molecule has 1 heterocycles. The Balaban J connectivity index is 2.74. The summed E-state index contributed by atoms with van der Waals surface area (Å²) in [5, 5.41) is 2.76. The van der Waals surface area contributed by atoms with Gasteiger partial charge < -0.3 is 15.0 Å². The van der Waals surface area contributed by atoms with Crippen LogP contribution in [-0.2, 0) is 14.3 Å². The van der Waals surface area contributed by atoms with Gasteiger partial charge in [0.1, 0.15) is 11.6 Å². The zero-order valence-electron chi connectivity index (χ0n) is 11.9. The van der Waals surface area contributed by atoms with E-state index in [1.807, 2.05) is 20.8 Å². The first-order chi connectivity index (χ1) is 8.29.